The second-order valence-electron chi connectivity index (χ2n) is 5.04. The maximum Gasteiger partial charge on any atom is 0.227 e. The molecule has 0 saturated heterocycles. The highest BCUT2D eigenvalue weighted by molar-refractivity contribution is 5.96. The van der Waals surface area contributed by atoms with Gasteiger partial charge in [0, 0.05) is 42.4 Å². The van der Waals surface area contributed by atoms with E-state index >= 15 is 0 Å². The van der Waals surface area contributed by atoms with Crippen molar-refractivity contribution in [2.75, 3.05) is 19.0 Å². The van der Waals surface area contributed by atoms with Crippen molar-refractivity contribution in [3.8, 4) is 0 Å². The normalized spacial score (nSPS) is 14.8. The molecular formula is C15H18N2O2. The Hall–Kier alpha value is -1.81. The third-order valence-corrected chi connectivity index (χ3v) is 3.52. The SMILES string of the molecule is COCCn1ccc2cc(NC(=O)C3CC3)ccc21. The van der Waals surface area contributed by atoms with Gasteiger partial charge in [-0.15, -0.1) is 0 Å². The molecule has 3 rings (SSSR count). The Morgan fingerprint density at radius 3 is 3.00 bits per heavy atom. The van der Waals surface area contributed by atoms with Crippen molar-refractivity contribution >= 4 is 22.5 Å². The number of aromatic nitrogens is 1. The molecule has 4 nitrogen and oxygen atoms in total. The predicted molar refractivity (Wildman–Crippen MR) is 75.2 cm³/mol. The molecule has 1 heterocycles. The van der Waals surface area contributed by atoms with Gasteiger partial charge in [-0.25, -0.2) is 0 Å². The minimum Gasteiger partial charge on any atom is -0.383 e. The molecule has 0 unspecified atom stereocenters. The maximum absolute atomic E-state index is 11.7. The Balaban J connectivity index is 1.79. The summed E-state index contributed by atoms with van der Waals surface area (Å²) in [5.41, 5.74) is 2.05. The molecule has 1 aliphatic carbocycles. The van der Waals surface area contributed by atoms with Crippen LogP contribution in [0.25, 0.3) is 10.9 Å². The number of fused-ring (bicyclic) bond motifs is 1. The number of nitrogens with zero attached hydrogens (tertiary/aromatic N) is 1. The number of methoxy groups -OCH3 is 1. The van der Waals surface area contributed by atoms with Crippen molar-refractivity contribution < 1.29 is 9.53 Å². The van der Waals surface area contributed by atoms with Crippen LogP contribution in [0.3, 0.4) is 0 Å². The quantitative estimate of drug-likeness (QED) is 0.896. The number of carbonyl (C=O) groups excluding carboxylic acids is 1. The Morgan fingerprint density at radius 1 is 1.42 bits per heavy atom. The number of anilines is 1. The highest BCUT2D eigenvalue weighted by Crippen LogP contribution is 2.30. The third kappa shape index (κ3) is 2.63. The van der Waals surface area contributed by atoms with E-state index in [0.717, 1.165) is 30.5 Å². The number of nitrogens with one attached hydrogen (secondary N) is 1. The van der Waals surface area contributed by atoms with Gasteiger partial charge in [0.25, 0.3) is 0 Å². The fourth-order valence-electron chi connectivity index (χ4n) is 2.25. The molecule has 1 aromatic carbocycles. The molecule has 0 spiro atoms. The van der Waals surface area contributed by atoms with Gasteiger partial charge in [-0.1, -0.05) is 0 Å². The summed E-state index contributed by atoms with van der Waals surface area (Å²) in [5.74, 6) is 0.389. The molecule has 0 bridgehead atoms. The van der Waals surface area contributed by atoms with Gasteiger partial charge in [0.1, 0.15) is 0 Å². The molecule has 1 amide bonds. The highest BCUT2D eigenvalue weighted by atomic mass is 16.5. The Kier molecular flexibility index (Phi) is 3.25. The Labute approximate surface area is 112 Å². The largest absolute Gasteiger partial charge is 0.383 e. The van der Waals surface area contributed by atoms with Crippen LogP contribution in [0.15, 0.2) is 30.5 Å². The van der Waals surface area contributed by atoms with E-state index in [0.29, 0.717) is 6.61 Å². The first-order valence-electron chi connectivity index (χ1n) is 6.66. The van der Waals surface area contributed by atoms with Crippen LogP contribution in [0.4, 0.5) is 5.69 Å². The van der Waals surface area contributed by atoms with E-state index in [1.54, 1.807) is 7.11 Å². The molecule has 0 atom stereocenters. The molecule has 1 N–H and O–H groups in total. The fraction of sp³-hybridized carbons (Fsp3) is 0.400. The van der Waals surface area contributed by atoms with Crippen molar-refractivity contribution in [3.63, 3.8) is 0 Å². The molecular weight excluding hydrogens is 240 g/mol. The number of benzene rings is 1. The van der Waals surface area contributed by atoms with E-state index in [4.69, 9.17) is 4.74 Å². The number of amides is 1. The van der Waals surface area contributed by atoms with Crippen molar-refractivity contribution in [1.82, 2.24) is 4.57 Å². The summed E-state index contributed by atoms with van der Waals surface area (Å²) in [7, 11) is 1.71. The summed E-state index contributed by atoms with van der Waals surface area (Å²) in [4.78, 5) is 11.7. The predicted octanol–water partition coefficient (Wildman–Crippen LogP) is 2.64. The number of hydrogen-bond donors (Lipinski definition) is 1. The molecule has 19 heavy (non-hydrogen) atoms. The minimum absolute atomic E-state index is 0.151. The highest BCUT2D eigenvalue weighted by Gasteiger charge is 2.29. The smallest absolute Gasteiger partial charge is 0.227 e. The summed E-state index contributed by atoms with van der Waals surface area (Å²) >= 11 is 0. The maximum atomic E-state index is 11.7. The van der Waals surface area contributed by atoms with Crippen molar-refractivity contribution in [2.24, 2.45) is 5.92 Å². The lowest BCUT2D eigenvalue weighted by Gasteiger charge is -2.07. The van der Waals surface area contributed by atoms with Crippen LogP contribution in [0.1, 0.15) is 12.8 Å². The fourth-order valence-corrected chi connectivity index (χ4v) is 2.25. The van der Waals surface area contributed by atoms with Gasteiger partial charge in [-0.3, -0.25) is 4.79 Å². The molecule has 1 aliphatic rings. The molecule has 1 fully saturated rings. The van der Waals surface area contributed by atoms with Crippen LogP contribution < -0.4 is 5.32 Å². The first kappa shape index (κ1) is 12.2. The second-order valence-corrected chi connectivity index (χ2v) is 5.04. The van der Waals surface area contributed by atoms with Gasteiger partial charge in [-0.2, -0.15) is 0 Å². The van der Waals surface area contributed by atoms with Crippen LogP contribution in [-0.2, 0) is 16.1 Å². The van der Waals surface area contributed by atoms with Crippen molar-refractivity contribution in [1.29, 1.82) is 0 Å². The van der Waals surface area contributed by atoms with E-state index < -0.39 is 0 Å². The first-order valence-corrected chi connectivity index (χ1v) is 6.66. The minimum atomic E-state index is 0.151. The molecule has 100 valence electrons. The lowest BCUT2D eigenvalue weighted by atomic mass is 10.2. The first-order chi connectivity index (χ1) is 9.28. The van der Waals surface area contributed by atoms with Gasteiger partial charge in [0.2, 0.25) is 5.91 Å². The number of ether oxygens (including phenoxy) is 1. The summed E-state index contributed by atoms with van der Waals surface area (Å²) in [6.07, 6.45) is 4.11. The van der Waals surface area contributed by atoms with Crippen LogP contribution in [0.2, 0.25) is 0 Å². The average Bonchev–Trinajstić information content (AvgIpc) is 3.19. The van der Waals surface area contributed by atoms with Gasteiger partial charge in [-0.05, 0) is 37.1 Å². The standard InChI is InChI=1S/C15H18N2O2/c1-19-9-8-17-7-6-12-10-13(4-5-14(12)17)16-15(18)11-2-3-11/h4-7,10-11H,2-3,8-9H2,1H3,(H,16,18). The molecule has 0 aliphatic heterocycles. The zero-order valence-electron chi connectivity index (χ0n) is 11.1. The summed E-state index contributed by atoms with van der Waals surface area (Å²) in [6, 6.07) is 8.11. The van der Waals surface area contributed by atoms with Crippen LogP contribution in [0, 0.1) is 5.92 Å². The molecule has 0 radical (unpaired) electrons. The molecule has 1 saturated carbocycles. The Morgan fingerprint density at radius 2 is 2.26 bits per heavy atom. The van der Waals surface area contributed by atoms with Gasteiger partial charge in [0.05, 0.1) is 6.61 Å². The van der Waals surface area contributed by atoms with Crippen molar-refractivity contribution in [3.05, 3.63) is 30.5 Å². The zero-order chi connectivity index (χ0) is 13.2. The number of rotatable bonds is 5. The molecule has 2 aromatic rings. The van der Waals surface area contributed by atoms with E-state index in [9.17, 15) is 4.79 Å². The summed E-state index contributed by atoms with van der Waals surface area (Å²) < 4.78 is 7.25. The molecule has 4 heteroatoms. The van der Waals surface area contributed by atoms with Crippen LogP contribution >= 0.6 is 0 Å². The summed E-state index contributed by atoms with van der Waals surface area (Å²) in [6.45, 7) is 1.54. The summed E-state index contributed by atoms with van der Waals surface area (Å²) in [5, 5.41) is 4.12. The van der Waals surface area contributed by atoms with E-state index in [1.807, 2.05) is 18.2 Å². The zero-order valence-corrected chi connectivity index (χ0v) is 11.1. The molecule has 1 aromatic heterocycles. The van der Waals surface area contributed by atoms with E-state index in [1.165, 1.54) is 5.52 Å². The monoisotopic (exact) mass is 258 g/mol. The van der Waals surface area contributed by atoms with Crippen LogP contribution in [-0.4, -0.2) is 24.2 Å². The van der Waals surface area contributed by atoms with Gasteiger partial charge < -0.3 is 14.6 Å². The van der Waals surface area contributed by atoms with Gasteiger partial charge >= 0.3 is 0 Å². The lowest BCUT2D eigenvalue weighted by Crippen LogP contribution is -2.13. The topological polar surface area (TPSA) is 43.3 Å². The average molecular weight is 258 g/mol. The Bertz CT molecular complexity index is 599. The lowest BCUT2D eigenvalue weighted by molar-refractivity contribution is -0.117. The van der Waals surface area contributed by atoms with Gasteiger partial charge in [0.15, 0.2) is 0 Å². The van der Waals surface area contributed by atoms with E-state index in [2.05, 4.69) is 22.1 Å². The third-order valence-electron chi connectivity index (χ3n) is 3.52. The second kappa shape index (κ2) is 5.05. The van der Waals surface area contributed by atoms with Crippen molar-refractivity contribution in [2.45, 2.75) is 19.4 Å². The van der Waals surface area contributed by atoms with E-state index in [-0.39, 0.29) is 11.8 Å². The number of hydrogen-bond acceptors (Lipinski definition) is 2. The van der Waals surface area contributed by atoms with Crippen LogP contribution in [0.5, 0.6) is 0 Å². The number of carbonyl (C=O) groups is 1.